The molecule has 32 heavy (non-hydrogen) atoms. The number of nitro groups is 1. The van der Waals surface area contributed by atoms with Gasteiger partial charge in [0.1, 0.15) is 0 Å². The molecule has 0 N–H and O–H groups in total. The van der Waals surface area contributed by atoms with E-state index < -0.39 is 0 Å². The highest BCUT2D eigenvalue weighted by atomic mass is 35.5. The molecule has 0 saturated carbocycles. The number of nitro benzene ring substituents is 1. The summed E-state index contributed by atoms with van der Waals surface area (Å²) in [4.78, 5) is 24.8. The Morgan fingerprint density at radius 3 is 2.31 bits per heavy atom. The van der Waals surface area contributed by atoms with Crippen LogP contribution in [0.3, 0.4) is 0 Å². The number of nitrogens with zero attached hydrogens (tertiary/aromatic N) is 5. The molecule has 4 aromatic rings. The monoisotopic (exact) mass is 445 g/mol. The third-order valence-corrected chi connectivity index (χ3v) is 5.93. The van der Waals surface area contributed by atoms with Crippen molar-refractivity contribution in [3.05, 3.63) is 87.9 Å². The van der Waals surface area contributed by atoms with Gasteiger partial charge in [0.2, 0.25) is 5.95 Å². The average molecular weight is 446 g/mol. The van der Waals surface area contributed by atoms with Crippen molar-refractivity contribution in [2.75, 3.05) is 36.0 Å². The molecule has 0 spiro atoms. The van der Waals surface area contributed by atoms with E-state index >= 15 is 0 Å². The van der Waals surface area contributed by atoms with Crippen molar-refractivity contribution in [2.45, 2.75) is 0 Å². The summed E-state index contributed by atoms with van der Waals surface area (Å²) in [6.07, 6.45) is 0. The fraction of sp³-hybridized carbons (Fsp3) is 0.167. The van der Waals surface area contributed by atoms with Gasteiger partial charge in [0.05, 0.1) is 16.1 Å². The minimum absolute atomic E-state index is 0.107. The van der Waals surface area contributed by atoms with Crippen LogP contribution in [-0.2, 0) is 0 Å². The Labute approximate surface area is 190 Å². The summed E-state index contributed by atoms with van der Waals surface area (Å²) in [5.74, 6) is 0.687. The van der Waals surface area contributed by atoms with Gasteiger partial charge in [-0.25, -0.2) is 9.97 Å². The predicted molar refractivity (Wildman–Crippen MR) is 128 cm³/mol. The average Bonchev–Trinajstić information content (AvgIpc) is 2.84. The van der Waals surface area contributed by atoms with Gasteiger partial charge in [0, 0.05) is 60.0 Å². The van der Waals surface area contributed by atoms with E-state index in [-0.39, 0.29) is 10.6 Å². The highest BCUT2D eigenvalue weighted by molar-refractivity contribution is 6.30. The van der Waals surface area contributed by atoms with Crippen LogP contribution in [0.1, 0.15) is 0 Å². The van der Waals surface area contributed by atoms with Gasteiger partial charge in [-0.2, -0.15) is 0 Å². The summed E-state index contributed by atoms with van der Waals surface area (Å²) in [7, 11) is 0. The number of anilines is 2. The first kappa shape index (κ1) is 20.2. The molecule has 0 aliphatic carbocycles. The molecule has 160 valence electrons. The molecule has 1 saturated heterocycles. The third kappa shape index (κ3) is 3.94. The molecule has 1 aliphatic rings. The summed E-state index contributed by atoms with van der Waals surface area (Å²) in [5, 5.41) is 12.8. The summed E-state index contributed by atoms with van der Waals surface area (Å²) >= 11 is 6.08. The van der Waals surface area contributed by atoms with Crippen molar-refractivity contribution in [1.29, 1.82) is 0 Å². The molecule has 0 amide bonds. The Balaban J connectivity index is 1.43. The van der Waals surface area contributed by atoms with E-state index in [9.17, 15) is 10.1 Å². The number of fused-ring (bicyclic) bond motifs is 1. The Kier molecular flexibility index (Phi) is 5.33. The van der Waals surface area contributed by atoms with E-state index in [1.54, 1.807) is 12.1 Å². The summed E-state index contributed by atoms with van der Waals surface area (Å²) < 4.78 is 0. The summed E-state index contributed by atoms with van der Waals surface area (Å²) in [6.45, 7) is 2.91. The number of benzene rings is 3. The lowest BCUT2D eigenvalue weighted by Crippen LogP contribution is -2.47. The van der Waals surface area contributed by atoms with Crippen molar-refractivity contribution < 1.29 is 4.92 Å². The topological polar surface area (TPSA) is 75.4 Å². The van der Waals surface area contributed by atoms with Crippen LogP contribution in [0.15, 0.2) is 72.8 Å². The van der Waals surface area contributed by atoms with Gasteiger partial charge >= 0.3 is 0 Å². The van der Waals surface area contributed by atoms with Crippen LogP contribution in [0.4, 0.5) is 17.3 Å². The van der Waals surface area contributed by atoms with E-state index in [0.717, 1.165) is 54.0 Å². The van der Waals surface area contributed by atoms with Gasteiger partial charge in [-0.15, -0.1) is 0 Å². The Morgan fingerprint density at radius 1 is 0.844 bits per heavy atom. The zero-order valence-electron chi connectivity index (χ0n) is 17.2. The largest absolute Gasteiger partial charge is 0.368 e. The molecule has 7 nitrogen and oxygen atoms in total. The van der Waals surface area contributed by atoms with E-state index in [1.165, 1.54) is 6.07 Å². The van der Waals surface area contributed by atoms with Gasteiger partial charge < -0.3 is 9.80 Å². The molecule has 1 aromatic heterocycles. The molecule has 1 fully saturated rings. The van der Waals surface area contributed by atoms with Crippen LogP contribution < -0.4 is 9.80 Å². The van der Waals surface area contributed by atoms with E-state index in [1.807, 2.05) is 54.6 Å². The van der Waals surface area contributed by atoms with E-state index in [0.29, 0.717) is 11.0 Å². The van der Waals surface area contributed by atoms with E-state index in [4.69, 9.17) is 21.6 Å². The van der Waals surface area contributed by atoms with Crippen LogP contribution in [0.25, 0.3) is 22.2 Å². The number of aromatic nitrogens is 2. The molecule has 5 rings (SSSR count). The lowest BCUT2D eigenvalue weighted by Gasteiger charge is -2.36. The number of piperazine rings is 1. The first-order chi connectivity index (χ1) is 15.6. The maximum Gasteiger partial charge on any atom is 0.271 e. The highest BCUT2D eigenvalue weighted by Gasteiger charge is 2.22. The van der Waals surface area contributed by atoms with Gasteiger partial charge in [-0.1, -0.05) is 48.0 Å². The smallest absolute Gasteiger partial charge is 0.271 e. The molecule has 0 unspecified atom stereocenters. The van der Waals surface area contributed by atoms with Gasteiger partial charge in [0.15, 0.2) is 0 Å². The lowest BCUT2D eigenvalue weighted by molar-refractivity contribution is -0.384. The van der Waals surface area contributed by atoms with Gasteiger partial charge in [-0.3, -0.25) is 10.1 Å². The second-order valence-electron chi connectivity index (χ2n) is 7.65. The normalized spacial score (nSPS) is 14.0. The number of non-ortho nitro benzene ring substituents is 1. The molecule has 2 heterocycles. The quantitative estimate of drug-likeness (QED) is 0.318. The van der Waals surface area contributed by atoms with Crippen LogP contribution in [0.5, 0.6) is 0 Å². The summed E-state index contributed by atoms with van der Waals surface area (Å²) in [6, 6.07) is 22.5. The van der Waals surface area contributed by atoms with Crippen molar-refractivity contribution in [3.63, 3.8) is 0 Å². The fourth-order valence-corrected chi connectivity index (χ4v) is 4.13. The summed E-state index contributed by atoms with van der Waals surface area (Å²) in [5.41, 5.74) is 3.73. The molecule has 8 heteroatoms. The number of hydrogen-bond acceptors (Lipinski definition) is 6. The van der Waals surface area contributed by atoms with E-state index in [2.05, 4.69) is 9.80 Å². The molecule has 3 aromatic carbocycles. The molecule has 0 radical (unpaired) electrons. The Bertz CT molecular complexity index is 1290. The Morgan fingerprint density at radius 2 is 1.56 bits per heavy atom. The number of hydrogen-bond donors (Lipinski definition) is 0. The molecular weight excluding hydrogens is 426 g/mol. The fourth-order valence-electron chi connectivity index (χ4n) is 4.00. The highest BCUT2D eigenvalue weighted by Crippen LogP contribution is 2.30. The Hall–Kier alpha value is -3.71. The number of para-hydroxylation sites is 1. The van der Waals surface area contributed by atoms with Crippen LogP contribution in [0, 0.1) is 10.1 Å². The molecule has 0 atom stereocenters. The molecule has 1 aliphatic heterocycles. The zero-order chi connectivity index (χ0) is 22.1. The first-order valence-electron chi connectivity index (χ1n) is 10.4. The minimum atomic E-state index is -0.360. The van der Waals surface area contributed by atoms with Crippen LogP contribution in [-0.4, -0.2) is 41.1 Å². The predicted octanol–water partition coefficient (Wildman–Crippen LogP) is 5.19. The molecular formula is C24H20ClN5O2. The van der Waals surface area contributed by atoms with Crippen molar-refractivity contribution in [3.8, 4) is 11.3 Å². The first-order valence-corrected chi connectivity index (χ1v) is 10.7. The third-order valence-electron chi connectivity index (χ3n) is 5.68. The number of rotatable bonds is 4. The van der Waals surface area contributed by atoms with Gasteiger partial charge in [-0.05, 0) is 24.3 Å². The number of halogens is 1. The van der Waals surface area contributed by atoms with Gasteiger partial charge in [0.25, 0.3) is 5.69 Å². The van der Waals surface area contributed by atoms with Crippen LogP contribution in [0.2, 0.25) is 5.02 Å². The second kappa shape index (κ2) is 8.43. The maximum atomic E-state index is 11.1. The second-order valence-corrected chi connectivity index (χ2v) is 8.08. The molecule has 0 bridgehead atoms. The SMILES string of the molecule is O=[N+]([O-])c1cccc(N2CCN(c3nc(-c4ccc(Cl)cc4)c4ccccc4n3)CC2)c1. The van der Waals surface area contributed by atoms with Crippen LogP contribution >= 0.6 is 11.6 Å². The zero-order valence-corrected chi connectivity index (χ0v) is 17.9. The standard InChI is InChI=1S/C24H20ClN5O2/c25-18-10-8-17(9-11-18)23-21-6-1-2-7-22(21)26-24(27-23)29-14-12-28(13-15-29)19-4-3-5-20(16-19)30(31)32/h1-11,16H,12-15H2. The maximum absolute atomic E-state index is 11.1. The lowest BCUT2D eigenvalue weighted by atomic mass is 10.1. The minimum Gasteiger partial charge on any atom is -0.368 e. The van der Waals surface area contributed by atoms with Crippen molar-refractivity contribution in [1.82, 2.24) is 9.97 Å². The van der Waals surface area contributed by atoms with Crippen molar-refractivity contribution in [2.24, 2.45) is 0 Å². The van der Waals surface area contributed by atoms with Crippen molar-refractivity contribution >= 4 is 39.8 Å².